The van der Waals surface area contributed by atoms with Crippen molar-refractivity contribution in [3.8, 4) is 0 Å². The number of carbonyl (C=O) groups is 1. The summed E-state index contributed by atoms with van der Waals surface area (Å²) >= 11 is -3.73. The standard InChI is InChI=1S/C22H44GeN4O2Si4/c1-19-21(22(28)20-17-15-14-16-18-20)24-25-23(29-19,26(30(2,3)4)31(5,6)7)27(32(8,9)10)33(11,12)13/h14-18,25H,1H2,2-13H3. The Bertz CT molecular complexity index is 869. The topological polar surface area (TPSA) is 57.2 Å². The maximum atomic E-state index is 13.3. The van der Waals surface area contributed by atoms with Crippen LogP contribution in [-0.2, 0) is 3.76 Å². The second kappa shape index (κ2) is 9.36. The summed E-state index contributed by atoms with van der Waals surface area (Å²) in [5.41, 5.74) is 0.891. The Morgan fingerprint density at radius 2 is 1.21 bits per heavy atom. The Morgan fingerprint density at radius 1 is 0.818 bits per heavy atom. The van der Waals surface area contributed by atoms with Crippen molar-refractivity contribution in [1.82, 2.24) is 10.8 Å². The number of allylic oxidation sites excluding steroid dienone is 1. The molecule has 0 bridgehead atoms. The minimum atomic E-state index is -3.73. The molecule has 33 heavy (non-hydrogen) atoms. The molecule has 6 nitrogen and oxygen atoms in total. The van der Waals surface area contributed by atoms with Crippen LogP contribution >= 0.6 is 0 Å². The van der Waals surface area contributed by atoms with Crippen LogP contribution in [0.5, 0.6) is 0 Å². The van der Waals surface area contributed by atoms with Gasteiger partial charge in [0.25, 0.3) is 0 Å². The van der Waals surface area contributed by atoms with Crippen LogP contribution in [0.3, 0.4) is 0 Å². The van der Waals surface area contributed by atoms with Crippen molar-refractivity contribution in [2.24, 2.45) is 5.10 Å². The van der Waals surface area contributed by atoms with Crippen LogP contribution in [0.25, 0.3) is 0 Å². The predicted octanol–water partition coefficient (Wildman–Crippen LogP) is 5.74. The van der Waals surface area contributed by atoms with E-state index in [0.717, 1.165) is 0 Å². The van der Waals surface area contributed by atoms with Gasteiger partial charge in [-0.15, -0.1) is 0 Å². The zero-order valence-corrected chi connectivity index (χ0v) is 28.9. The maximum absolute atomic E-state index is 13.3. The molecule has 1 heterocycles. The first kappa shape index (κ1) is 28.5. The molecule has 0 spiro atoms. The first-order chi connectivity index (χ1) is 14.7. The molecule has 1 aliphatic heterocycles. The van der Waals surface area contributed by atoms with Gasteiger partial charge in [0.15, 0.2) is 0 Å². The van der Waals surface area contributed by atoms with Crippen LogP contribution in [0.2, 0.25) is 78.6 Å². The third kappa shape index (κ3) is 6.08. The first-order valence-electron chi connectivity index (χ1n) is 11.7. The van der Waals surface area contributed by atoms with E-state index in [0.29, 0.717) is 17.0 Å². The molecule has 1 aliphatic rings. The molecule has 0 amide bonds. The summed E-state index contributed by atoms with van der Waals surface area (Å²) in [5.74, 6) is 0.273. The van der Waals surface area contributed by atoms with Crippen LogP contribution in [0, 0.1) is 0 Å². The van der Waals surface area contributed by atoms with Gasteiger partial charge in [-0.05, 0) is 0 Å². The number of benzene rings is 1. The summed E-state index contributed by atoms with van der Waals surface area (Å²) < 4.78 is 16.4. The molecule has 1 aromatic carbocycles. The van der Waals surface area contributed by atoms with E-state index >= 15 is 0 Å². The van der Waals surface area contributed by atoms with Crippen molar-refractivity contribution in [1.29, 1.82) is 0 Å². The predicted molar refractivity (Wildman–Crippen MR) is 154 cm³/mol. The van der Waals surface area contributed by atoms with Gasteiger partial charge in [-0.2, -0.15) is 0 Å². The minimum absolute atomic E-state index is 0.149. The zero-order valence-electron chi connectivity index (χ0n) is 22.8. The Balaban J connectivity index is 2.79. The molecule has 0 radical (unpaired) electrons. The molecular formula is C22H44GeN4O2Si4. The summed E-state index contributed by atoms with van der Waals surface area (Å²) in [6.07, 6.45) is 0. The average Bonchev–Trinajstić information content (AvgIpc) is 2.56. The van der Waals surface area contributed by atoms with E-state index in [4.69, 9.17) is 8.87 Å². The quantitative estimate of drug-likeness (QED) is 0.314. The van der Waals surface area contributed by atoms with E-state index in [-0.39, 0.29) is 5.78 Å². The molecule has 0 fully saturated rings. The van der Waals surface area contributed by atoms with E-state index in [1.165, 1.54) is 0 Å². The fourth-order valence-corrected chi connectivity index (χ4v) is 57.0. The van der Waals surface area contributed by atoms with Gasteiger partial charge in [-0.1, -0.05) is 0 Å². The Hall–Kier alpha value is -0.770. The third-order valence-electron chi connectivity index (χ3n) is 5.38. The molecule has 0 aromatic heterocycles. The van der Waals surface area contributed by atoms with E-state index in [1.54, 1.807) is 0 Å². The Morgan fingerprint density at radius 3 is 1.55 bits per heavy atom. The van der Waals surface area contributed by atoms with Crippen LogP contribution in [0.1, 0.15) is 10.4 Å². The number of ketones is 1. The Labute approximate surface area is 209 Å². The van der Waals surface area contributed by atoms with Crippen LogP contribution in [0.15, 0.2) is 47.8 Å². The second-order valence-corrected chi connectivity index (χ2v) is 41.9. The summed E-state index contributed by atoms with van der Waals surface area (Å²) in [5, 5.41) is 4.82. The van der Waals surface area contributed by atoms with Gasteiger partial charge in [-0.3, -0.25) is 0 Å². The molecule has 1 aromatic rings. The van der Waals surface area contributed by atoms with Crippen LogP contribution < -0.4 is 4.38 Å². The van der Waals surface area contributed by atoms with E-state index < -0.39 is 47.2 Å². The van der Waals surface area contributed by atoms with Crippen molar-refractivity contribution in [2.75, 3.05) is 0 Å². The monoisotopic (exact) mass is 582 g/mol. The van der Waals surface area contributed by atoms with Gasteiger partial charge in [0, 0.05) is 0 Å². The zero-order chi connectivity index (χ0) is 25.6. The van der Waals surface area contributed by atoms with Crippen molar-refractivity contribution < 1.29 is 8.56 Å². The van der Waals surface area contributed by atoms with Crippen molar-refractivity contribution in [2.45, 2.75) is 78.6 Å². The first-order valence-corrected chi connectivity index (χ1v) is 29.2. The number of carbonyl (C=O) groups excluding carboxylic acids is 1. The van der Waals surface area contributed by atoms with Crippen molar-refractivity contribution in [3.63, 3.8) is 0 Å². The number of hydrogen-bond donors (Lipinski definition) is 1. The second-order valence-electron chi connectivity index (χ2n) is 12.8. The van der Waals surface area contributed by atoms with E-state index in [2.05, 4.69) is 95.9 Å². The molecule has 0 saturated heterocycles. The molecule has 184 valence electrons. The molecule has 0 unspecified atom stereocenters. The summed E-state index contributed by atoms with van der Waals surface area (Å²) in [7, 11) is -7.39. The number of hydrazone groups is 1. The van der Waals surface area contributed by atoms with Gasteiger partial charge in [0.05, 0.1) is 0 Å². The number of Topliss-reactive ketones (excluding diaryl/α,β-unsaturated/α-hetero) is 1. The summed E-state index contributed by atoms with van der Waals surface area (Å²) in [6.45, 7) is 33.2. The average molecular weight is 582 g/mol. The van der Waals surface area contributed by atoms with Gasteiger partial charge in [-0.25, -0.2) is 0 Å². The molecule has 0 atom stereocenters. The summed E-state index contributed by atoms with van der Waals surface area (Å²) in [6, 6.07) is 9.27. The molecule has 2 rings (SSSR count). The number of rotatable bonds is 8. The number of nitrogens with zero attached hydrogens (tertiary/aromatic N) is 3. The van der Waals surface area contributed by atoms with Gasteiger partial charge >= 0.3 is 210 Å². The Kier molecular flexibility index (Phi) is 8.07. The molecular weight excluding hydrogens is 537 g/mol. The molecule has 1 N–H and O–H groups in total. The number of hydrogen-bond acceptors (Lipinski definition) is 6. The normalized spacial score (nSPS) is 17.5. The van der Waals surface area contributed by atoms with Gasteiger partial charge in [0.1, 0.15) is 0 Å². The molecule has 0 saturated carbocycles. The van der Waals surface area contributed by atoms with Crippen molar-refractivity contribution in [3.05, 3.63) is 48.2 Å². The number of nitrogens with one attached hydrogen (secondary N) is 1. The van der Waals surface area contributed by atoms with Gasteiger partial charge < -0.3 is 0 Å². The fourth-order valence-electron chi connectivity index (χ4n) is 5.46. The van der Waals surface area contributed by atoms with Crippen molar-refractivity contribution >= 4 is 58.7 Å². The van der Waals surface area contributed by atoms with E-state index in [1.807, 2.05) is 30.3 Å². The summed E-state index contributed by atoms with van der Waals surface area (Å²) in [4.78, 5) is 13.3. The van der Waals surface area contributed by atoms with Gasteiger partial charge in [0.2, 0.25) is 0 Å². The molecule has 0 aliphatic carbocycles. The van der Waals surface area contributed by atoms with E-state index in [9.17, 15) is 4.79 Å². The fraction of sp³-hybridized carbons (Fsp3) is 0.545. The molecule has 11 heteroatoms. The SMILES string of the molecule is C=C1[O][Ge]([N]([Si](C)(C)C)[Si](C)(C)C)([N]([Si](C)(C)C)[Si](C)(C)C)[NH]N=C1C(=O)c1ccccc1. The van der Waals surface area contributed by atoms with Crippen LogP contribution in [0.4, 0.5) is 0 Å². The third-order valence-corrected chi connectivity index (χ3v) is 46.5. The van der Waals surface area contributed by atoms with Crippen LogP contribution in [-0.4, -0.2) is 65.1 Å².